The van der Waals surface area contributed by atoms with Gasteiger partial charge in [0.1, 0.15) is 0 Å². The van der Waals surface area contributed by atoms with Crippen LogP contribution in [0.2, 0.25) is 0 Å². The molecule has 1 aliphatic heterocycles. The van der Waals surface area contributed by atoms with Crippen LogP contribution >= 0.6 is 15.9 Å². The third-order valence-electron chi connectivity index (χ3n) is 3.43. The van der Waals surface area contributed by atoms with E-state index in [-0.39, 0.29) is 16.8 Å². The molecule has 0 saturated carbocycles. The van der Waals surface area contributed by atoms with Gasteiger partial charge in [0.15, 0.2) is 0 Å². The molecule has 0 unspecified atom stereocenters. The van der Waals surface area contributed by atoms with Crippen molar-refractivity contribution in [2.75, 3.05) is 13.2 Å². The van der Waals surface area contributed by atoms with Gasteiger partial charge < -0.3 is 10.1 Å². The van der Waals surface area contributed by atoms with E-state index in [0.717, 1.165) is 12.8 Å². The van der Waals surface area contributed by atoms with Gasteiger partial charge in [-0.2, -0.15) is 0 Å². The molecule has 1 heterocycles. The molecule has 3 N–H and O–H groups in total. The monoisotopic (exact) mass is 376 g/mol. The number of hydrogen-bond donors (Lipinski definition) is 2. The Hall–Kier alpha value is -0.960. The predicted octanol–water partition coefficient (Wildman–Crippen LogP) is 1.31. The van der Waals surface area contributed by atoms with Crippen molar-refractivity contribution >= 4 is 31.9 Å². The molecule has 1 aromatic carbocycles. The number of sulfonamides is 1. The standard InChI is InChI=1S/C13H17BrN2O4S/c1-8-11(6-9(14)7-12(8)21(15,18)19)13(17)16-10-2-4-20-5-3-10/h6-7,10H,2-5H2,1H3,(H,16,17)(H2,15,18,19). The number of halogens is 1. The highest BCUT2D eigenvalue weighted by atomic mass is 79.9. The fourth-order valence-electron chi connectivity index (χ4n) is 2.29. The average Bonchev–Trinajstić information content (AvgIpc) is 2.40. The maximum atomic E-state index is 12.4. The minimum atomic E-state index is -3.88. The molecule has 21 heavy (non-hydrogen) atoms. The second-order valence-corrected chi connectivity index (χ2v) is 7.43. The lowest BCUT2D eigenvalue weighted by Crippen LogP contribution is -2.39. The number of carbonyl (C=O) groups is 1. The Balaban J connectivity index is 2.30. The van der Waals surface area contributed by atoms with Crippen LogP contribution in [0.3, 0.4) is 0 Å². The molecule has 6 nitrogen and oxygen atoms in total. The van der Waals surface area contributed by atoms with Gasteiger partial charge in [-0.1, -0.05) is 15.9 Å². The summed E-state index contributed by atoms with van der Waals surface area (Å²) in [5, 5.41) is 8.09. The van der Waals surface area contributed by atoms with E-state index in [9.17, 15) is 13.2 Å². The molecule has 0 aromatic heterocycles. The van der Waals surface area contributed by atoms with Gasteiger partial charge in [-0.3, -0.25) is 4.79 Å². The van der Waals surface area contributed by atoms with Crippen molar-refractivity contribution < 1.29 is 17.9 Å². The number of rotatable bonds is 3. The molecule has 8 heteroatoms. The van der Waals surface area contributed by atoms with Crippen LogP contribution in [-0.2, 0) is 14.8 Å². The van der Waals surface area contributed by atoms with E-state index in [4.69, 9.17) is 9.88 Å². The smallest absolute Gasteiger partial charge is 0.251 e. The van der Waals surface area contributed by atoms with Crippen molar-refractivity contribution in [3.63, 3.8) is 0 Å². The molecule has 0 atom stereocenters. The first-order valence-electron chi connectivity index (χ1n) is 6.50. The summed E-state index contributed by atoms with van der Waals surface area (Å²) in [4.78, 5) is 12.3. The number of carbonyl (C=O) groups excluding carboxylic acids is 1. The topological polar surface area (TPSA) is 98.5 Å². The van der Waals surface area contributed by atoms with E-state index < -0.39 is 10.0 Å². The van der Waals surface area contributed by atoms with Gasteiger partial charge in [-0.25, -0.2) is 13.6 Å². The molecular formula is C13H17BrN2O4S. The predicted molar refractivity (Wildman–Crippen MR) is 81.6 cm³/mol. The fraction of sp³-hybridized carbons (Fsp3) is 0.462. The van der Waals surface area contributed by atoms with Gasteiger partial charge in [-0.05, 0) is 37.5 Å². The third kappa shape index (κ3) is 4.03. The van der Waals surface area contributed by atoms with Crippen LogP contribution in [0.25, 0.3) is 0 Å². The van der Waals surface area contributed by atoms with Gasteiger partial charge >= 0.3 is 0 Å². The normalized spacial score (nSPS) is 16.7. The summed E-state index contributed by atoms with van der Waals surface area (Å²) in [5.41, 5.74) is 0.658. The Bertz CT molecular complexity index is 654. The van der Waals surface area contributed by atoms with Gasteiger partial charge in [0.05, 0.1) is 4.90 Å². The highest BCUT2D eigenvalue weighted by molar-refractivity contribution is 9.10. The van der Waals surface area contributed by atoms with Crippen molar-refractivity contribution in [2.24, 2.45) is 5.14 Å². The molecule has 0 aliphatic carbocycles. The summed E-state index contributed by atoms with van der Waals surface area (Å²) >= 11 is 3.21. The van der Waals surface area contributed by atoms with Crippen LogP contribution in [0.15, 0.2) is 21.5 Å². The minimum Gasteiger partial charge on any atom is -0.381 e. The van der Waals surface area contributed by atoms with Crippen LogP contribution in [-0.4, -0.2) is 33.6 Å². The third-order valence-corrected chi connectivity index (χ3v) is 4.93. The first-order chi connectivity index (χ1) is 9.79. The first kappa shape index (κ1) is 16.4. The van der Waals surface area contributed by atoms with E-state index in [1.807, 2.05) is 0 Å². The summed E-state index contributed by atoms with van der Waals surface area (Å²) in [5.74, 6) is -0.300. The summed E-state index contributed by atoms with van der Waals surface area (Å²) in [7, 11) is -3.88. The van der Waals surface area contributed by atoms with E-state index in [1.54, 1.807) is 13.0 Å². The fourth-order valence-corrected chi connectivity index (χ4v) is 3.73. The van der Waals surface area contributed by atoms with Crippen molar-refractivity contribution in [1.29, 1.82) is 0 Å². The summed E-state index contributed by atoms with van der Waals surface area (Å²) < 4.78 is 28.9. The zero-order valence-electron chi connectivity index (χ0n) is 11.6. The number of nitrogens with one attached hydrogen (secondary N) is 1. The van der Waals surface area contributed by atoms with Crippen molar-refractivity contribution in [3.8, 4) is 0 Å². The molecular weight excluding hydrogens is 360 g/mol. The Morgan fingerprint density at radius 2 is 2.00 bits per heavy atom. The summed E-state index contributed by atoms with van der Waals surface area (Å²) in [6.45, 7) is 2.81. The second-order valence-electron chi connectivity index (χ2n) is 4.98. The van der Waals surface area contributed by atoms with E-state index in [2.05, 4.69) is 21.2 Å². The molecule has 0 spiro atoms. The lowest BCUT2D eigenvalue weighted by Gasteiger charge is -2.23. The number of benzene rings is 1. The van der Waals surface area contributed by atoms with Gasteiger partial charge in [0.25, 0.3) is 5.91 Å². The van der Waals surface area contributed by atoms with Crippen LogP contribution in [0.5, 0.6) is 0 Å². The number of amides is 1. The molecule has 1 fully saturated rings. The number of ether oxygens (including phenoxy) is 1. The Kier molecular flexibility index (Phi) is 5.03. The van der Waals surface area contributed by atoms with Gasteiger partial charge in [0, 0.05) is 29.3 Å². The van der Waals surface area contributed by atoms with Crippen LogP contribution in [0.1, 0.15) is 28.8 Å². The lowest BCUT2D eigenvalue weighted by atomic mass is 10.1. The summed E-state index contributed by atoms with van der Waals surface area (Å²) in [6, 6.07) is 3.04. The van der Waals surface area contributed by atoms with Crippen LogP contribution < -0.4 is 10.5 Å². The summed E-state index contributed by atoms with van der Waals surface area (Å²) in [6.07, 6.45) is 1.50. The Labute approximate surface area is 132 Å². The molecule has 0 radical (unpaired) electrons. The average molecular weight is 377 g/mol. The highest BCUT2D eigenvalue weighted by Crippen LogP contribution is 2.24. The lowest BCUT2D eigenvalue weighted by molar-refractivity contribution is 0.0696. The maximum absolute atomic E-state index is 12.4. The van der Waals surface area contributed by atoms with Gasteiger partial charge in [-0.15, -0.1) is 0 Å². The van der Waals surface area contributed by atoms with E-state index in [1.165, 1.54) is 6.07 Å². The molecule has 116 valence electrons. The number of hydrogen-bond acceptors (Lipinski definition) is 4. The Morgan fingerprint density at radius 1 is 1.38 bits per heavy atom. The van der Waals surface area contributed by atoms with Crippen molar-refractivity contribution in [2.45, 2.75) is 30.7 Å². The molecule has 1 aliphatic rings. The first-order valence-corrected chi connectivity index (χ1v) is 8.84. The number of nitrogens with two attached hydrogens (primary N) is 1. The molecule has 1 amide bonds. The number of primary sulfonamides is 1. The quantitative estimate of drug-likeness (QED) is 0.830. The molecule has 1 aromatic rings. The van der Waals surface area contributed by atoms with Crippen LogP contribution in [0, 0.1) is 6.92 Å². The molecule has 0 bridgehead atoms. The van der Waals surface area contributed by atoms with Crippen molar-refractivity contribution in [3.05, 3.63) is 27.7 Å². The van der Waals surface area contributed by atoms with E-state index >= 15 is 0 Å². The van der Waals surface area contributed by atoms with Crippen molar-refractivity contribution in [1.82, 2.24) is 5.32 Å². The minimum absolute atomic E-state index is 0.0440. The van der Waals surface area contributed by atoms with Crippen LogP contribution in [0.4, 0.5) is 0 Å². The van der Waals surface area contributed by atoms with E-state index in [0.29, 0.717) is 28.8 Å². The second kappa shape index (κ2) is 6.43. The molecule has 1 saturated heterocycles. The Morgan fingerprint density at radius 3 is 2.57 bits per heavy atom. The van der Waals surface area contributed by atoms with Gasteiger partial charge in [0.2, 0.25) is 10.0 Å². The highest BCUT2D eigenvalue weighted by Gasteiger charge is 2.22. The zero-order chi connectivity index (χ0) is 15.6. The molecule has 2 rings (SSSR count). The zero-order valence-corrected chi connectivity index (χ0v) is 14.0. The SMILES string of the molecule is Cc1c(C(=O)NC2CCOCC2)cc(Br)cc1S(N)(=O)=O. The maximum Gasteiger partial charge on any atom is 0.251 e. The largest absolute Gasteiger partial charge is 0.381 e.